The third kappa shape index (κ3) is 5.92. The molecule has 6 nitrogen and oxygen atoms in total. The van der Waals surface area contributed by atoms with E-state index in [0.717, 1.165) is 11.3 Å². The predicted octanol–water partition coefficient (Wildman–Crippen LogP) is 3.40. The van der Waals surface area contributed by atoms with Gasteiger partial charge in [0, 0.05) is 11.3 Å². The lowest BCUT2D eigenvalue weighted by molar-refractivity contribution is -0.118. The first-order valence-electron chi connectivity index (χ1n) is 8.33. The van der Waals surface area contributed by atoms with Gasteiger partial charge in [-0.1, -0.05) is 24.3 Å². The van der Waals surface area contributed by atoms with E-state index < -0.39 is 0 Å². The van der Waals surface area contributed by atoms with Gasteiger partial charge >= 0.3 is 0 Å². The standard InChI is InChI=1S/C20H24N2O4S/c1-14-7-5-6-8-16(14)12-27-13-19(23)22-21-11-15-9-17(24-2)20(26-4)18(10-15)25-3/h5-11H,12-13H2,1-4H3,(H,22,23). The molecule has 0 unspecified atom stereocenters. The second-order valence-electron chi connectivity index (χ2n) is 5.67. The molecule has 2 rings (SSSR count). The van der Waals surface area contributed by atoms with Gasteiger partial charge in [0.2, 0.25) is 11.7 Å². The maximum atomic E-state index is 11.9. The molecule has 0 saturated carbocycles. The molecule has 144 valence electrons. The molecule has 0 aliphatic carbocycles. The van der Waals surface area contributed by atoms with Crippen LogP contribution >= 0.6 is 11.8 Å². The highest BCUT2D eigenvalue weighted by molar-refractivity contribution is 7.99. The number of ether oxygens (including phenoxy) is 3. The van der Waals surface area contributed by atoms with Crippen molar-refractivity contribution in [1.29, 1.82) is 0 Å². The van der Waals surface area contributed by atoms with Crippen molar-refractivity contribution in [2.45, 2.75) is 12.7 Å². The monoisotopic (exact) mass is 388 g/mol. The summed E-state index contributed by atoms with van der Waals surface area (Å²) in [5, 5.41) is 4.00. The molecular formula is C20H24N2O4S. The molecule has 1 amide bonds. The Hall–Kier alpha value is -2.67. The number of carbonyl (C=O) groups excluding carboxylic acids is 1. The Kier molecular flexibility index (Phi) is 8.00. The summed E-state index contributed by atoms with van der Waals surface area (Å²) in [4.78, 5) is 11.9. The second-order valence-corrected chi connectivity index (χ2v) is 6.66. The highest BCUT2D eigenvalue weighted by Crippen LogP contribution is 2.37. The molecule has 0 aliphatic rings. The Morgan fingerprint density at radius 1 is 1.11 bits per heavy atom. The van der Waals surface area contributed by atoms with Crippen molar-refractivity contribution in [2.75, 3.05) is 27.1 Å². The molecule has 7 heteroatoms. The Morgan fingerprint density at radius 2 is 1.78 bits per heavy atom. The van der Waals surface area contributed by atoms with E-state index in [4.69, 9.17) is 14.2 Å². The fraction of sp³-hybridized carbons (Fsp3) is 0.300. The van der Waals surface area contributed by atoms with Crippen molar-refractivity contribution in [3.8, 4) is 17.2 Å². The van der Waals surface area contributed by atoms with E-state index in [1.54, 1.807) is 45.2 Å². The van der Waals surface area contributed by atoms with Gasteiger partial charge in [-0.25, -0.2) is 5.43 Å². The molecule has 0 fully saturated rings. The van der Waals surface area contributed by atoms with Crippen LogP contribution in [0.25, 0.3) is 0 Å². The Bertz CT molecular complexity index is 783. The van der Waals surface area contributed by atoms with Gasteiger partial charge in [-0.3, -0.25) is 4.79 Å². The lowest BCUT2D eigenvalue weighted by Crippen LogP contribution is -2.19. The summed E-state index contributed by atoms with van der Waals surface area (Å²) in [6.07, 6.45) is 1.54. The van der Waals surface area contributed by atoms with Gasteiger partial charge in [0.05, 0.1) is 33.3 Å². The van der Waals surface area contributed by atoms with Crippen LogP contribution < -0.4 is 19.6 Å². The van der Waals surface area contributed by atoms with Gasteiger partial charge in [-0.15, -0.1) is 11.8 Å². The highest BCUT2D eigenvalue weighted by Gasteiger charge is 2.12. The molecule has 0 radical (unpaired) electrons. The molecule has 27 heavy (non-hydrogen) atoms. The number of hydrogen-bond acceptors (Lipinski definition) is 6. The quantitative estimate of drug-likeness (QED) is 0.527. The maximum Gasteiger partial charge on any atom is 0.250 e. The number of methoxy groups -OCH3 is 3. The third-order valence-corrected chi connectivity index (χ3v) is 4.82. The maximum absolute atomic E-state index is 11.9. The van der Waals surface area contributed by atoms with E-state index in [1.807, 2.05) is 12.1 Å². The summed E-state index contributed by atoms with van der Waals surface area (Å²) in [5.74, 6) is 2.53. The van der Waals surface area contributed by atoms with Crippen LogP contribution in [0.3, 0.4) is 0 Å². The number of carbonyl (C=O) groups is 1. The van der Waals surface area contributed by atoms with Gasteiger partial charge in [0.1, 0.15) is 0 Å². The Morgan fingerprint density at radius 3 is 2.37 bits per heavy atom. The van der Waals surface area contributed by atoms with Crippen LogP contribution in [-0.4, -0.2) is 39.2 Å². The molecule has 0 aromatic heterocycles. The van der Waals surface area contributed by atoms with Gasteiger partial charge in [-0.05, 0) is 30.2 Å². The number of nitrogens with zero attached hydrogens (tertiary/aromatic N) is 1. The minimum Gasteiger partial charge on any atom is -0.493 e. The van der Waals surface area contributed by atoms with E-state index in [0.29, 0.717) is 23.0 Å². The zero-order valence-corrected chi connectivity index (χ0v) is 16.8. The molecule has 0 heterocycles. The summed E-state index contributed by atoms with van der Waals surface area (Å²) in [6, 6.07) is 11.7. The molecule has 0 atom stereocenters. The first kappa shape index (κ1) is 20.6. The van der Waals surface area contributed by atoms with Crippen LogP contribution in [-0.2, 0) is 10.5 Å². The van der Waals surface area contributed by atoms with E-state index in [1.165, 1.54) is 17.3 Å². The summed E-state index contributed by atoms with van der Waals surface area (Å²) in [6.45, 7) is 2.07. The van der Waals surface area contributed by atoms with Crippen LogP contribution in [0.4, 0.5) is 0 Å². The van der Waals surface area contributed by atoms with Crippen molar-refractivity contribution >= 4 is 23.9 Å². The van der Waals surface area contributed by atoms with Crippen molar-refractivity contribution < 1.29 is 19.0 Å². The molecular weight excluding hydrogens is 364 g/mol. The Labute approximate surface area is 163 Å². The molecule has 2 aromatic rings. The minimum absolute atomic E-state index is 0.155. The largest absolute Gasteiger partial charge is 0.493 e. The normalized spacial score (nSPS) is 10.7. The van der Waals surface area contributed by atoms with E-state index in [9.17, 15) is 4.79 Å². The zero-order valence-electron chi connectivity index (χ0n) is 15.9. The first-order valence-corrected chi connectivity index (χ1v) is 9.48. The lowest BCUT2D eigenvalue weighted by atomic mass is 10.1. The molecule has 2 aromatic carbocycles. The number of hydrazone groups is 1. The molecule has 0 saturated heterocycles. The summed E-state index contributed by atoms with van der Waals surface area (Å²) >= 11 is 1.55. The van der Waals surface area contributed by atoms with Gasteiger partial charge in [0.25, 0.3) is 0 Å². The third-order valence-electron chi connectivity index (χ3n) is 3.84. The van der Waals surface area contributed by atoms with Crippen molar-refractivity contribution in [1.82, 2.24) is 5.43 Å². The van der Waals surface area contributed by atoms with Gasteiger partial charge < -0.3 is 14.2 Å². The number of rotatable bonds is 9. The number of nitrogens with one attached hydrogen (secondary N) is 1. The number of benzene rings is 2. The molecule has 0 bridgehead atoms. The average molecular weight is 388 g/mol. The number of aryl methyl sites for hydroxylation is 1. The van der Waals surface area contributed by atoms with Crippen LogP contribution in [0.1, 0.15) is 16.7 Å². The average Bonchev–Trinajstić information content (AvgIpc) is 2.68. The van der Waals surface area contributed by atoms with Crippen molar-refractivity contribution in [2.24, 2.45) is 5.10 Å². The zero-order chi connectivity index (χ0) is 19.6. The molecule has 1 N–H and O–H groups in total. The fourth-order valence-electron chi connectivity index (χ4n) is 2.41. The van der Waals surface area contributed by atoms with Crippen LogP contribution in [0.5, 0.6) is 17.2 Å². The van der Waals surface area contributed by atoms with Crippen LogP contribution in [0.2, 0.25) is 0 Å². The number of thioether (sulfide) groups is 1. The lowest BCUT2D eigenvalue weighted by Gasteiger charge is -2.12. The number of hydrogen-bond donors (Lipinski definition) is 1. The van der Waals surface area contributed by atoms with Crippen molar-refractivity contribution in [3.63, 3.8) is 0 Å². The summed E-state index contributed by atoms with van der Waals surface area (Å²) < 4.78 is 15.9. The van der Waals surface area contributed by atoms with E-state index in [2.05, 4.69) is 29.6 Å². The Balaban J connectivity index is 1.89. The number of amides is 1. The summed E-state index contributed by atoms with van der Waals surface area (Å²) in [5.41, 5.74) is 5.71. The topological polar surface area (TPSA) is 69.2 Å². The second kappa shape index (κ2) is 10.5. The predicted molar refractivity (Wildman–Crippen MR) is 109 cm³/mol. The molecule has 0 aliphatic heterocycles. The first-order chi connectivity index (χ1) is 13.1. The summed E-state index contributed by atoms with van der Waals surface area (Å²) in [7, 11) is 4.64. The van der Waals surface area contributed by atoms with Crippen LogP contribution in [0.15, 0.2) is 41.5 Å². The molecule has 0 spiro atoms. The van der Waals surface area contributed by atoms with Crippen molar-refractivity contribution in [3.05, 3.63) is 53.1 Å². The van der Waals surface area contributed by atoms with Gasteiger partial charge in [-0.2, -0.15) is 5.10 Å². The van der Waals surface area contributed by atoms with E-state index >= 15 is 0 Å². The van der Waals surface area contributed by atoms with E-state index in [-0.39, 0.29) is 5.91 Å². The fourth-order valence-corrected chi connectivity index (χ4v) is 3.31. The highest BCUT2D eigenvalue weighted by atomic mass is 32.2. The smallest absolute Gasteiger partial charge is 0.250 e. The minimum atomic E-state index is -0.155. The van der Waals surface area contributed by atoms with Gasteiger partial charge in [0.15, 0.2) is 11.5 Å². The SMILES string of the molecule is COc1cc(C=NNC(=O)CSCc2ccccc2C)cc(OC)c1OC. The van der Waals surface area contributed by atoms with Crippen LogP contribution in [0, 0.1) is 6.92 Å².